The highest BCUT2D eigenvalue weighted by molar-refractivity contribution is 7.26. The van der Waals surface area contributed by atoms with E-state index in [0.29, 0.717) is 0 Å². The molecule has 4 heterocycles. The van der Waals surface area contributed by atoms with E-state index >= 15 is 0 Å². The van der Waals surface area contributed by atoms with Crippen molar-refractivity contribution < 1.29 is 0 Å². The van der Waals surface area contributed by atoms with Crippen LogP contribution in [0.5, 0.6) is 0 Å². The minimum atomic E-state index is 1.00. The van der Waals surface area contributed by atoms with Crippen molar-refractivity contribution in [3.05, 3.63) is 225 Å². The Labute approximate surface area is 394 Å². The van der Waals surface area contributed by atoms with E-state index in [1.807, 2.05) is 23.6 Å². The minimum absolute atomic E-state index is 1.00. The molecule has 0 N–H and O–H groups in total. The van der Waals surface area contributed by atoms with Crippen LogP contribution < -0.4 is 0 Å². The largest absolute Gasteiger partial charge is 0.291 e. The number of pyridine rings is 2. The molecule has 3 nitrogen and oxygen atoms in total. The maximum Gasteiger partial charge on any atom is 0.156 e. The molecule has 0 spiro atoms. The van der Waals surface area contributed by atoms with Crippen molar-refractivity contribution in [2.45, 2.75) is 0 Å². The normalized spacial score (nSPS) is 12.1. The highest BCUT2D eigenvalue weighted by Gasteiger charge is 2.21. The maximum absolute atomic E-state index is 5.59. The molecule has 0 aliphatic carbocycles. The summed E-state index contributed by atoms with van der Waals surface area (Å²) in [6, 6.07) is 80.3. The maximum atomic E-state index is 5.59. The molecular formula is C64H37N3S. The van der Waals surface area contributed by atoms with Crippen molar-refractivity contribution in [3.63, 3.8) is 0 Å². The number of thiophene rings is 1. The highest BCUT2D eigenvalue weighted by Crippen LogP contribution is 2.45. The van der Waals surface area contributed by atoms with Gasteiger partial charge in [0.25, 0.3) is 0 Å². The van der Waals surface area contributed by atoms with E-state index in [9.17, 15) is 0 Å². The van der Waals surface area contributed by atoms with Crippen LogP contribution in [0, 0.1) is 0 Å². The number of imidazole rings is 1. The first kappa shape index (κ1) is 37.5. The molecule has 0 saturated carbocycles. The number of aromatic nitrogens is 3. The number of rotatable bonds is 4. The number of fused-ring (bicyclic) bond motifs is 16. The third-order valence-electron chi connectivity index (χ3n) is 14.4. The average Bonchev–Trinajstić information content (AvgIpc) is 3.99. The van der Waals surface area contributed by atoms with Crippen LogP contribution in [-0.4, -0.2) is 14.4 Å². The molecular weight excluding hydrogens is 843 g/mol. The first-order valence-electron chi connectivity index (χ1n) is 23.2. The van der Waals surface area contributed by atoms with Gasteiger partial charge in [0.15, 0.2) is 5.65 Å². The standard InChI is InChI=1S/C64H37N3S/c1-2-12-44-35-55-45(34-43(44)11-1)27-31-57-62(55)66-64-63-56(60-49-14-4-3-10-38(49)28-32-59(60)68-63)37-58(67(57)64)42-25-23-40(24-26-42)48-30-29-47(50-15-5-6-16-51(48)50)39-19-21-41(22-20-39)54-36-46-13-9-33-65-61(46)53-18-8-7-17-52(53)54/h1-37H. The van der Waals surface area contributed by atoms with E-state index in [1.165, 1.54) is 107 Å². The minimum Gasteiger partial charge on any atom is -0.291 e. The van der Waals surface area contributed by atoms with Crippen LogP contribution >= 0.6 is 11.3 Å². The Hall–Kier alpha value is -8.70. The Balaban J connectivity index is 0.868. The SMILES string of the molecule is c1ccc2cc3c(ccc4c3nc3c5sc6ccc7ccccc7c6c5cc(-c5ccc(-c6ccc(-c7ccc(-c8cc9cccnc9c9ccccc89)cc7)c7ccccc67)cc5)n43)cc2c1. The van der Waals surface area contributed by atoms with Gasteiger partial charge in [0, 0.05) is 37.8 Å². The molecule has 0 amide bonds. The van der Waals surface area contributed by atoms with Gasteiger partial charge in [-0.05, 0) is 124 Å². The molecule has 4 aromatic heterocycles. The molecule has 0 unspecified atom stereocenters. The summed E-state index contributed by atoms with van der Waals surface area (Å²) in [5, 5.41) is 15.9. The molecule has 0 radical (unpaired) electrons. The summed E-state index contributed by atoms with van der Waals surface area (Å²) in [6.07, 6.45) is 1.88. The van der Waals surface area contributed by atoms with E-state index in [4.69, 9.17) is 9.97 Å². The Morgan fingerprint density at radius 2 is 0.926 bits per heavy atom. The van der Waals surface area contributed by atoms with Gasteiger partial charge in [-0.1, -0.05) is 176 Å². The zero-order valence-electron chi connectivity index (χ0n) is 36.6. The van der Waals surface area contributed by atoms with E-state index in [1.54, 1.807) is 0 Å². The van der Waals surface area contributed by atoms with E-state index in [0.717, 1.165) is 38.8 Å². The van der Waals surface area contributed by atoms with Crippen molar-refractivity contribution >= 4 is 113 Å². The molecule has 68 heavy (non-hydrogen) atoms. The molecule has 314 valence electrons. The van der Waals surface area contributed by atoms with E-state index in [2.05, 4.69) is 217 Å². The molecule has 0 bridgehead atoms. The van der Waals surface area contributed by atoms with Gasteiger partial charge in [-0.2, -0.15) is 0 Å². The monoisotopic (exact) mass is 879 g/mol. The van der Waals surface area contributed by atoms with Crippen LogP contribution in [0.1, 0.15) is 0 Å². The Bertz CT molecular complexity index is 4600. The van der Waals surface area contributed by atoms with Crippen LogP contribution in [0.25, 0.3) is 146 Å². The van der Waals surface area contributed by atoms with Gasteiger partial charge in [-0.25, -0.2) is 4.98 Å². The number of benzene rings is 11. The summed E-state index contributed by atoms with van der Waals surface area (Å²) in [7, 11) is 0. The van der Waals surface area contributed by atoms with Crippen LogP contribution in [0.3, 0.4) is 0 Å². The Morgan fingerprint density at radius 1 is 0.353 bits per heavy atom. The highest BCUT2D eigenvalue weighted by atomic mass is 32.1. The van der Waals surface area contributed by atoms with E-state index < -0.39 is 0 Å². The molecule has 0 saturated heterocycles. The second kappa shape index (κ2) is 14.4. The summed E-state index contributed by atoms with van der Waals surface area (Å²) < 4.78 is 4.90. The summed E-state index contributed by atoms with van der Waals surface area (Å²) in [5.74, 6) is 0. The fraction of sp³-hybridized carbons (Fsp3) is 0. The predicted molar refractivity (Wildman–Crippen MR) is 290 cm³/mol. The number of hydrogen-bond donors (Lipinski definition) is 0. The lowest BCUT2D eigenvalue weighted by molar-refractivity contribution is 1.25. The molecule has 0 aliphatic heterocycles. The van der Waals surface area contributed by atoms with Gasteiger partial charge in [-0.3, -0.25) is 9.38 Å². The second-order valence-corrected chi connectivity index (χ2v) is 19.1. The average molecular weight is 880 g/mol. The van der Waals surface area contributed by atoms with Crippen molar-refractivity contribution in [2.75, 3.05) is 0 Å². The van der Waals surface area contributed by atoms with Gasteiger partial charge < -0.3 is 0 Å². The molecule has 15 aromatic rings. The van der Waals surface area contributed by atoms with Gasteiger partial charge in [0.05, 0.1) is 26.9 Å². The number of nitrogens with zero attached hydrogens (tertiary/aromatic N) is 3. The third-order valence-corrected chi connectivity index (χ3v) is 15.5. The van der Waals surface area contributed by atoms with Crippen molar-refractivity contribution in [2.24, 2.45) is 0 Å². The molecule has 4 heteroatoms. The first-order chi connectivity index (χ1) is 33.7. The predicted octanol–water partition coefficient (Wildman–Crippen LogP) is 17.8. The smallest absolute Gasteiger partial charge is 0.156 e. The molecule has 0 aliphatic rings. The van der Waals surface area contributed by atoms with Crippen molar-refractivity contribution in [1.29, 1.82) is 0 Å². The lowest BCUT2D eigenvalue weighted by Crippen LogP contribution is -1.93. The van der Waals surface area contributed by atoms with Crippen molar-refractivity contribution in [3.8, 4) is 44.6 Å². The van der Waals surface area contributed by atoms with Gasteiger partial charge in [0.1, 0.15) is 0 Å². The topological polar surface area (TPSA) is 30.2 Å². The van der Waals surface area contributed by atoms with Gasteiger partial charge >= 0.3 is 0 Å². The third kappa shape index (κ3) is 5.53. The summed E-state index contributed by atoms with van der Waals surface area (Å²) >= 11 is 1.85. The van der Waals surface area contributed by atoms with E-state index in [-0.39, 0.29) is 0 Å². The molecule has 0 atom stereocenters. The fourth-order valence-corrected chi connectivity index (χ4v) is 12.3. The summed E-state index contributed by atoms with van der Waals surface area (Å²) in [5.41, 5.74) is 13.7. The molecule has 0 fully saturated rings. The lowest BCUT2D eigenvalue weighted by atomic mass is 9.90. The van der Waals surface area contributed by atoms with Crippen LogP contribution in [-0.2, 0) is 0 Å². The zero-order valence-corrected chi connectivity index (χ0v) is 37.4. The molecule has 15 rings (SSSR count). The van der Waals surface area contributed by atoms with Gasteiger partial charge in [-0.15, -0.1) is 11.3 Å². The first-order valence-corrected chi connectivity index (χ1v) is 24.0. The number of hydrogen-bond acceptors (Lipinski definition) is 3. The fourth-order valence-electron chi connectivity index (χ4n) is 11.2. The quantitative estimate of drug-likeness (QED) is 0.130. The zero-order chi connectivity index (χ0) is 44.5. The molecule has 11 aromatic carbocycles. The Kier molecular flexibility index (Phi) is 7.94. The summed E-state index contributed by atoms with van der Waals surface area (Å²) in [4.78, 5) is 10.3. The van der Waals surface area contributed by atoms with Crippen LogP contribution in [0.15, 0.2) is 225 Å². The lowest BCUT2D eigenvalue weighted by Gasteiger charge is -2.14. The van der Waals surface area contributed by atoms with Crippen molar-refractivity contribution in [1.82, 2.24) is 14.4 Å². The van der Waals surface area contributed by atoms with Gasteiger partial charge in [0.2, 0.25) is 0 Å². The second-order valence-electron chi connectivity index (χ2n) is 18.1. The summed E-state index contributed by atoms with van der Waals surface area (Å²) in [6.45, 7) is 0. The van der Waals surface area contributed by atoms with Crippen LogP contribution in [0.4, 0.5) is 0 Å². The Morgan fingerprint density at radius 3 is 1.65 bits per heavy atom. The van der Waals surface area contributed by atoms with Crippen LogP contribution in [0.2, 0.25) is 0 Å².